The van der Waals surface area contributed by atoms with Gasteiger partial charge < -0.3 is 10.4 Å². The summed E-state index contributed by atoms with van der Waals surface area (Å²) in [6, 6.07) is -0.243. The van der Waals surface area contributed by atoms with Crippen molar-refractivity contribution in [2.45, 2.75) is 25.6 Å². The molecule has 1 saturated heterocycles. The summed E-state index contributed by atoms with van der Waals surface area (Å²) in [5, 5.41) is 12.3. The lowest BCUT2D eigenvalue weighted by atomic mass is 10.1. The molecule has 0 unspecified atom stereocenters. The Morgan fingerprint density at radius 3 is 2.75 bits per heavy atom. The van der Waals surface area contributed by atoms with Gasteiger partial charge >= 0.3 is 6.03 Å². The maximum Gasteiger partial charge on any atom is 0.320 e. The van der Waals surface area contributed by atoms with Crippen LogP contribution in [0.2, 0.25) is 0 Å². The van der Waals surface area contributed by atoms with Gasteiger partial charge in [0.15, 0.2) is 6.23 Å². The van der Waals surface area contributed by atoms with Crippen molar-refractivity contribution in [1.29, 1.82) is 0 Å². The molecule has 12 heavy (non-hydrogen) atoms. The highest BCUT2D eigenvalue weighted by Gasteiger charge is 2.43. The molecule has 1 heterocycles. The van der Waals surface area contributed by atoms with Crippen molar-refractivity contribution in [2.75, 3.05) is 6.54 Å². The van der Waals surface area contributed by atoms with Crippen LogP contribution in [0.4, 0.5) is 4.79 Å². The molecular weight excluding hydrogens is 156 g/mol. The van der Waals surface area contributed by atoms with E-state index in [9.17, 15) is 9.90 Å². The summed E-state index contributed by atoms with van der Waals surface area (Å²) in [6.07, 6.45) is 0.812. The summed E-state index contributed by atoms with van der Waals surface area (Å²) in [7, 11) is 0. The van der Waals surface area contributed by atoms with Crippen LogP contribution in [0.1, 0.15) is 13.8 Å². The fourth-order valence-electron chi connectivity index (χ4n) is 1.23. The molecule has 2 amide bonds. The van der Waals surface area contributed by atoms with Gasteiger partial charge in [-0.1, -0.05) is 6.08 Å². The van der Waals surface area contributed by atoms with E-state index in [4.69, 9.17) is 0 Å². The highest BCUT2D eigenvalue weighted by atomic mass is 16.3. The van der Waals surface area contributed by atoms with Crippen LogP contribution in [-0.4, -0.2) is 34.3 Å². The predicted molar refractivity (Wildman–Crippen MR) is 45.5 cm³/mol. The summed E-state index contributed by atoms with van der Waals surface area (Å²) >= 11 is 0. The van der Waals surface area contributed by atoms with Crippen molar-refractivity contribution in [2.24, 2.45) is 0 Å². The molecule has 68 valence electrons. The minimum atomic E-state index is -0.775. The van der Waals surface area contributed by atoms with Gasteiger partial charge in [-0.05, 0) is 13.8 Å². The molecule has 1 rings (SSSR count). The number of nitrogens with zero attached hydrogens (tertiary/aromatic N) is 1. The maximum absolute atomic E-state index is 11.2. The first-order valence-corrected chi connectivity index (χ1v) is 3.87. The van der Waals surface area contributed by atoms with E-state index < -0.39 is 11.8 Å². The van der Waals surface area contributed by atoms with Crippen LogP contribution in [0.15, 0.2) is 12.7 Å². The highest BCUT2D eigenvalue weighted by Crippen LogP contribution is 2.20. The third-order valence-corrected chi connectivity index (χ3v) is 1.96. The number of carbonyl (C=O) groups is 1. The number of aliphatic hydroxyl groups excluding tert-OH is 1. The first kappa shape index (κ1) is 9.06. The minimum Gasteiger partial charge on any atom is -0.371 e. The molecule has 2 N–H and O–H groups in total. The molecule has 0 bridgehead atoms. The van der Waals surface area contributed by atoms with Gasteiger partial charge in [0.25, 0.3) is 0 Å². The van der Waals surface area contributed by atoms with E-state index in [-0.39, 0.29) is 6.03 Å². The molecule has 4 heteroatoms. The van der Waals surface area contributed by atoms with Crippen molar-refractivity contribution in [1.82, 2.24) is 10.2 Å². The van der Waals surface area contributed by atoms with Crippen LogP contribution in [0, 0.1) is 0 Å². The topological polar surface area (TPSA) is 52.6 Å². The number of urea groups is 1. The van der Waals surface area contributed by atoms with Crippen molar-refractivity contribution in [3.8, 4) is 0 Å². The van der Waals surface area contributed by atoms with E-state index in [2.05, 4.69) is 11.9 Å². The second-order valence-corrected chi connectivity index (χ2v) is 3.47. The molecule has 0 aliphatic carbocycles. The molecule has 0 spiro atoms. The first-order chi connectivity index (χ1) is 5.49. The number of rotatable bonds is 2. The molecule has 0 radical (unpaired) electrons. The Labute approximate surface area is 71.9 Å². The van der Waals surface area contributed by atoms with E-state index in [0.717, 1.165) is 0 Å². The van der Waals surface area contributed by atoms with E-state index >= 15 is 0 Å². The predicted octanol–water partition coefficient (Wildman–Crippen LogP) is 0.295. The van der Waals surface area contributed by atoms with Crippen molar-refractivity contribution in [3.63, 3.8) is 0 Å². The van der Waals surface area contributed by atoms with Crippen LogP contribution in [0.25, 0.3) is 0 Å². The quantitative estimate of drug-likeness (QED) is 0.585. The zero-order valence-electron chi connectivity index (χ0n) is 7.37. The molecule has 0 aromatic rings. The van der Waals surface area contributed by atoms with Crippen LogP contribution < -0.4 is 5.32 Å². The van der Waals surface area contributed by atoms with E-state index in [1.165, 1.54) is 4.90 Å². The van der Waals surface area contributed by atoms with Crippen LogP contribution in [0.3, 0.4) is 0 Å². The van der Waals surface area contributed by atoms with Crippen LogP contribution >= 0.6 is 0 Å². The molecule has 4 nitrogen and oxygen atoms in total. The molecule has 1 fully saturated rings. The monoisotopic (exact) mass is 170 g/mol. The number of hydrogen-bond acceptors (Lipinski definition) is 2. The second kappa shape index (κ2) is 2.79. The molecule has 1 atom stereocenters. The van der Waals surface area contributed by atoms with Gasteiger partial charge in [0, 0.05) is 6.54 Å². The molecular formula is C8H14N2O2. The largest absolute Gasteiger partial charge is 0.371 e. The number of amides is 2. The lowest BCUT2D eigenvalue weighted by molar-refractivity contribution is 0.0204. The normalized spacial score (nSPS) is 27.1. The Morgan fingerprint density at radius 2 is 2.42 bits per heavy atom. The summed E-state index contributed by atoms with van der Waals surface area (Å²) < 4.78 is 0. The molecule has 1 aliphatic heterocycles. The Kier molecular flexibility index (Phi) is 2.10. The number of hydrogen-bond donors (Lipinski definition) is 2. The van der Waals surface area contributed by atoms with Crippen LogP contribution in [-0.2, 0) is 0 Å². The van der Waals surface area contributed by atoms with Gasteiger partial charge in [0.1, 0.15) is 0 Å². The van der Waals surface area contributed by atoms with Crippen molar-refractivity contribution in [3.05, 3.63) is 12.7 Å². The lowest BCUT2D eigenvalue weighted by Crippen LogP contribution is -2.44. The van der Waals surface area contributed by atoms with Gasteiger partial charge in [-0.3, -0.25) is 4.90 Å². The Balaban J connectivity index is 2.77. The first-order valence-electron chi connectivity index (χ1n) is 3.87. The smallest absolute Gasteiger partial charge is 0.320 e. The average molecular weight is 170 g/mol. The van der Waals surface area contributed by atoms with Gasteiger partial charge in [0.2, 0.25) is 0 Å². The molecule has 0 aromatic carbocycles. The Hall–Kier alpha value is -1.03. The fourth-order valence-corrected chi connectivity index (χ4v) is 1.23. The van der Waals surface area contributed by atoms with Gasteiger partial charge in [-0.15, -0.1) is 6.58 Å². The Morgan fingerprint density at radius 1 is 1.83 bits per heavy atom. The zero-order chi connectivity index (χ0) is 9.35. The minimum absolute atomic E-state index is 0.243. The summed E-state index contributed by atoms with van der Waals surface area (Å²) in [6.45, 7) is 7.43. The average Bonchev–Trinajstić information content (AvgIpc) is 2.13. The van der Waals surface area contributed by atoms with Crippen LogP contribution in [0.5, 0.6) is 0 Å². The highest BCUT2D eigenvalue weighted by molar-refractivity contribution is 5.78. The Bertz CT molecular complexity index is 213. The summed E-state index contributed by atoms with van der Waals surface area (Å²) in [5.41, 5.74) is -0.569. The van der Waals surface area contributed by atoms with Gasteiger partial charge in [-0.25, -0.2) is 4.79 Å². The van der Waals surface area contributed by atoms with E-state index in [1.54, 1.807) is 19.9 Å². The third kappa shape index (κ3) is 1.30. The van der Waals surface area contributed by atoms with E-state index in [0.29, 0.717) is 6.54 Å². The summed E-state index contributed by atoms with van der Waals surface area (Å²) in [5.74, 6) is 0. The molecule has 0 saturated carbocycles. The van der Waals surface area contributed by atoms with Crippen molar-refractivity contribution >= 4 is 6.03 Å². The number of carbonyl (C=O) groups excluding carboxylic acids is 1. The standard InChI is InChI=1S/C8H14N2O2/c1-4-5-10-6(11)8(2,3)9-7(10)12/h4,6,11H,1,5H2,2-3H3,(H,9,12)/t6-/m1/s1. The lowest BCUT2D eigenvalue weighted by Gasteiger charge is -2.24. The maximum atomic E-state index is 11.2. The SMILES string of the molecule is C=CCN1C(=O)NC(C)(C)[C@H]1O. The fraction of sp³-hybridized carbons (Fsp3) is 0.625. The number of nitrogens with one attached hydrogen (secondary N) is 1. The number of aliphatic hydroxyl groups is 1. The molecule has 0 aromatic heterocycles. The third-order valence-electron chi connectivity index (χ3n) is 1.96. The summed E-state index contributed by atoms with van der Waals surface area (Å²) in [4.78, 5) is 12.5. The van der Waals surface area contributed by atoms with E-state index in [1.807, 2.05) is 0 Å². The van der Waals surface area contributed by atoms with Gasteiger partial charge in [-0.2, -0.15) is 0 Å². The second-order valence-electron chi connectivity index (χ2n) is 3.47. The van der Waals surface area contributed by atoms with Crippen molar-refractivity contribution < 1.29 is 9.90 Å². The molecule has 1 aliphatic rings. The van der Waals surface area contributed by atoms with Gasteiger partial charge in [0.05, 0.1) is 5.54 Å². The zero-order valence-corrected chi connectivity index (χ0v) is 7.37.